The van der Waals surface area contributed by atoms with E-state index in [1.165, 1.54) is 14.0 Å². The summed E-state index contributed by atoms with van der Waals surface area (Å²) < 4.78 is 30.8. The smallest absolute Gasteiger partial charge is 0.325 e. The predicted molar refractivity (Wildman–Crippen MR) is 75.5 cm³/mol. The van der Waals surface area contributed by atoms with Gasteiger partial charge in [0, 0.05) is 18.9 Å². The summed E-state index contributed by atoms with van der Waals surface area (Å²) in [6.45, 7) is 0.881. The van der Waals surface area contributed by atoms with E-state index in [0.29, 0.717) is 0 Å². The summed E-state index contributed by atoms with van der Waals surface area (Å²) >= 11 is 0. The number of nitrogens with one attached hydrogen (secondary N) is 2. The molecule has 9 heteroatoms. The molecule has 0 radical (unpaired) electrons. The first kappa shape index (κ1) is 16.8. The van der Waals surface area contributed by atoms with Crippen LogP contribution in [0.1, 0.15) is 6.92 Å². The number of carbonyl (C=O) groups excluding carboxylic acids is 3. The number of urea groups is 1. The average molecular weight is 327 g/mol. The van der Waals surface area contributed by atoms with E-state index in [1.807, 2.05) is 0 Å². The van der Waals surface area contributed by atoms with E-state index in [0.717, 1.165) is 23.1 Å². The molecule has 0 aliphatic carbocycles. The molecule has 1 saturated heterocycles. The third-order valence-electron chi connectivity index (χ3n) is 3.28. The lowest BCUT2D eigenvalue weighted by Crippen LogP contribution is -2.48. The summed E-state index contributed by atoms with van der Waals surface area (Å²) in [5.74, 6) is -3.50. The highest BCUT2D eigenvalue weighted by molar-refractivity contribution is 6.10. The molecular formula is C14H15F2N3O4. The van der Waals surface area contributed by atoms with Crippen LogP contribution in [-0.2, 0) is 14.3 Å². The predicted octanol–water partition coefficient (Wildman–Crippen LogP) is 0.860. The van der Waals surface area contributed by atoms with E-state index in [9.17, 15) is 23.2 Å². The number of methoxy groups -OCH3 is 1. The highest BCUT2D eigenvalue weighted by atomic mass is 19.2. The number of hydrogen-bond donors (Lipinski definition) is 2. The number of halogens is 2. The van der Waals surface area contributed by atoms with Crippen LogP contribution < -0.4 is 10.6 Å². The molecule has 2 N–H and O–H groups in total. The van der Waals surface area contributed by atoms with Crippen molar-refractivity contribution in [3.8, 4) is 0 Å². The Balaban J connectivity index is 2.04. The number of benzene rings is 1. The molecule has 7 nitrogen and oxygen atoms in total. The summed E-state index contributed by atoms with van der Waals surface area (Å²) in [4.78, 5) is 36.6. The number of ether oxygens (including phenoxy) is 1. The largest absolute Gasteiger partial charge is 0.382 e. The molecule has 0 unspecified atom stereocenters. The Labute approximate surface area is 130 Å². The standard InChI is InChI=1S/C14H15F2N3O4/c1-14(7-23-2)12(21)19(13(22)18-14)6-11(20)17-8-3-4-9(15)10(16)5-8/h3-5H,6-7H2,1-2H3,(H,17,20)(H,18,22)/t14-/m0/s1. The Morgan fingerprint density at radius 2 is 2.04 bits per heavy atom. The number of hydrogen-bond acceptors (Lipinski definition) is 4. The van der Waals surface area contributed by atoms with Gasteiger partial charge in [0.1, 0.15) is 12.1 Å². The second-order valence-corrected chi connectivity index (χ2v) is 5.26. The molecule has 1 fully saturated rings. The van der Waals surface area contributed by atoms with Crippen molar-refractivity contribution < 1.29 is 27.9 Å². The lowest BCUT2D eigenvalue weighted by Gasteiger charge is -2.20. The molecule has 0 aromatic heterocycles. The molecule has 1 aliphatic rings. The first-order valence-electron chi connectivity index (χ1n) is 6.65. The van der Waals surface area contributed by atoms with E-state index in [1.54, 1.807) is 0 Å². The molecule has 124 valence electrons. The molecule has 1 aliphatic heterocycles. The van der Waals surface area contributed by atoms with Gasteiger partial charge in [-0.2, -0.15) is 0 Å². The minimum absolute atomic E-state index is 0.0145. The monoisotopic (exact) mass is 327 g/mol. The minimum Gasteiger partial charge on any atom is -0.382 e. The number of imide groups is 1. The quantitative estimate of drug-likeness (QED) is 0.785. The van der Waals surface area contributed by atoms with Crippen molar-refractivity contribution in [3.05, 3.63) is 29.8 Å². The van der Waals surface area contributed by atoms with E-state index in [2.05, 4.69) is 10.6 Å². The van der Waals surface area contributed by atoms with Crippen molar-refractivity contribution in [2.24, 2.45) is 0 Å². The summed E-state index contributed by atoms with van der Waals surface area (Å²) in [6.07, 6.45) is 0. The third-order valence-corrected chi connectivity index (χ3v) is 3.28. The summed E-state index contributed by atoms with van der Waals surface area (Å²) in [5.41, 5.74) is -1.23. The van der Waals surface area contributed by atoms with E-state index >= 15 is 0 Å². The maximum Gasteiger partial charge on any atom is 0.325 e. The molecule has 0 saturated carbocycles. The summed E-state index contributed by atoms with van der Waals surface area (Å²) in [5, 5.41) is 4.73. The molecular weight excluding hydrogens is 312 g/mol. The molecule has 2 rings (SSSR count). The summed E-state index contributed by atoms with van der Waals surface area (Å²) in [6, 6.07) is 2.09. The van der Waals surface area contributed by atoms with Crippen molar-refractivity contribution in [2.75, 3.05) is 25.6 Å². The van der Waals surface area contributed by atoms with Gasteiger partial charge in [-0.05, 0) is 19.1 Å². The second-order valence-electron chi connectivity index (χ2n) is 5.26. The Morgan fingerprint density at radius 3 is 2.65 bits per heavy atom. The number of carbonyl (C=O) groups is 3. The molecule has 23 heavy (non-hydrogen) atoms. The molecule has 4 amide bonds. The van der Waals surface area contributed by atoms with Gasteiger partial charge in [-0.3, -0.25) is 14.5 Å². The Kier molecular flexibility index (Phi) is 4.60. The lowest BCUT2D eigenvalue weighted by atomic mass is 10.0. The van der Waals surface area contributed by atoms with Crippen LogP contribution in [0.25, 0.3) is 0 Å². The highest BCUT2D eigenvalue weighted by Gasteiger charge is 2.48. The van der Waals surface area contributed by atoms with Gasteiger partial charge in [0.25, 0.3) is 5.91 Å². The van der Waals surface area contributed by atoms with Gasteiger partial charge < -0.3 is 15.4 Å². The highest BCUT2D eigenvalue weighted by Crippen LogP contribution is 2.18. The fraction of sp³-hybridized carbons (Fsp3) is 0.357. The topological polar surface area (TPSA) is 87.7 Å². The van der Waals surface area contributed by atoms with Gasteiger partial charge in [-0.25, -0.2) is 13.6 Å². The van der Waals surface area contributed by atoms with Gasteiger partial charge >= 0.3 is 6.03 Å². The normalized spacial score (nSPS) is 20.6. The molecule has 0 spiro atoms. The first-order chi connectivity index (χ1) is 10.8. The van der Waals surface area contributed by atoms with Gasteiger partial charge in [0.15, 0.2) is 11.6 Å². The van der Waals surface area contributed by atoms with Crippen LogP contribution in [-0.4, -0.2) is 48.5 Å². The van der Waals surface area contributed by atoms with Crippen molar-refractivity contribution in [2.45, 2.75) is 12.5 Å². The third kappa shape index (κ3) is 3.45. The van der Waals surface area contributed by atoms with Crippen LogP contribution in [0.15, 0.2) is 18.2 Å². The van der Waals surface area contributed by atoms with Crippen LogP contribution in [0.4, 0.5) is 19.3 Å². The number of anilines is 1. The number of nitrogens with zero attached hydrogens (tertiary/aromatic N) is 1. The molecule has 1 aromatic carbocycles. The zero-order chi connectivity index (χ0) is 17.2. The SMILES string of the molecule is COC[C@]1(C)NC(=O)N(CC(=O)Nc2ccc(F)c(F)c2)C1=O. The molecule has 1 heterocycles. The zero-order valence-corrected chi connectivity index (χ0v) is 12.5. The van der Waals surface area contributed by atoms with Crippen LogP contribution in [0.2, 0.25) is 0 Å². The average Bonchev–Trinajstić information content (AvgIpc) is 2.67. The van der Waals surface area contributed by atoms with Gasteiger partial charge in [0.05, 0.1) is 6.61 Å². The van der Waals surface area contributed by atoms with E-state index < -0.39 is 41.6 Å². The van der Waals surface area contributed by atoms with Gasteiger partial charge in [0.2, 0.25) is 5.91 Å². The fourth-order valence-corrected chi connectivity index (χ4v) is 2.20. The Bertz CT molecular complexity index is 667. The second kappa shape index (κ2) is 6.29. The van der Waals surface area contributed by atoms with Gasteiger partial charge in [-0.1, -0.05) is 0 Å². The van der Waals surface area contributed by atoms with Crippen molar-refractivity contribution in [1.29, 1.82) is 0 Å². The number of amides is 4. The van der Waals surface area contributed by atoms with E-state index in [4.69, 9.17) is 4.74 Å². The molecule has 1 aromatic rings. The first-order valence-corrected chi connectivity index (χ1v) is 6.65. The van der Waals surface area contributed by atoms with E-state index in [-0.39, 0.29) is 12.3 Å². The van der Waals surface area contributed by atoms with Crippen LogP contribution >= 0.6 is 0 Å². The molecule has 1 atom stereocenters. The molecule has 0 bridgehead atoms. The van der Waals surface area contributed by atoms with Crippen LogP contribution in [0, 0.1) is 11.6 Å². The van der Waals surface area contributed by atoms with Crippen LogP contribution in [0.3, 0.4) is 0 Å². The van der Waals surface area contributed by atoms with Crippen molar-refractivity contribution in [1.82, 2.24) is 10.2 Å². The maximum absolute atomic E-state index is 13.1. The zero-order valence-electron chi connectivity index (χ0n) is 12.5. The Hall–Kier alpha value is -2.55. The Morgan fingerprint density at radius 1 is 1.35 bits per heavy atom. The van der Waals surface area contributed by atoms with Crippen LogP contribution in [0.5, 0.6) is 0 Å². The minimum atomic E-state index is -1.24. The fourth-order valence-electron chi connectivity index (χ4n) is 2.20. The van der Waals surface area contributed by atoms with Crippen molar-refractivity contribution >= 4 is 23.5 Å². The maximum atomic E-state index is 13.1. The van der Waals surface area contributed by atoms with Gasteiger partial charge in [-0.15, -0.1) is 0 Å². The lowest BCUT2D eigenvalue weighted by molar-refractivity contribution is -0.134. The number of rotatable bonds is 5. The summed E-state index contributed by atoms with van der Waals surface area (Å²) in [7, 11) is 1.38. The van der Waals surface area contributed by atoms with Crippen molar-refractivity contribution in [3.63, 3.8) is 0 Å².